The molecule has 0 spiro atoms. The smallest absolute Gasteiger partial charge is 0.225 e. The van der Waals surface area contributed by atoms with E-state index in [0.717, 1.165) is 19.4 Å². The summed E-state index contributed by atoms with van der Waals surface area (Å²) in [5.41, 5.74) is 0. The lowest BCUT2D eigenvalue weighted by atomic mass is 10.1. The van der Waals surface area contributed by atoms with Crippen LogP contribution in [0.3, 0.4) is 0 Å². The SMILES string of the molecule is CCN(CCO)C(=O)C1CCCC1. The molecule has 1 N–H and O–H groups in total. The molecule has 1 amide bonds. The Balaban J connectivity index is 2.42. The summed E-state index contributed by atoms with van der Waals surface area (Å²) in [5.74, 6) is 0.487. The lowest BCUT2D eigenvalue weighted by Gasteiger charge is -2.23. The van der Waals surface area contributed by atoms with Crippen LogP contribution in [0.2, 0.25) is 0 Å². The summed E-state index contributed by atoms with van der Waals surface area (Å²) >= 11 is 0. The van der Waals surface area contributed by atoms with Crippen LogP contribution in [-0.2, 0) is 4.79 Å². The summed E-state index contributed by atoms with van der Waals surface area (Å²) in [6, 6.07) is 0. The maximum absolute atomic E-state index is 11.8. The van der Waals surface area contributed by atoms with Crippen molar-refractivity contribution in [2.75, 3.05) is 19.7 Å². The first-order valence-electron chi connectivity index (χ1n) is 5.19. The van der Waals surface area contributed by atoms with Crippen molar-refractivity contribution in [2.45, 2.75) is 32.6 Å². The first-order chi connectivity index (χ1) is 6.29. The number of hydrogen-bond donors (Lipinski definition) is 1. The number of amides is 1. The van der Waals surface area contributed by atoms with Crippen LogP contribution in [0.25, 0.3) is 0 Å². The summed E-state index contributed by atoms with van der Waals surface area (Å²) < 4.78 is 0. The van der Waals surface area contributed by atoms with Gasteiger partial charge in [0.15, 0.2) is 0 Å². The fraction of sp³-hybridized carbons (Fsp3) is 0.900. The largest absolute Gasteiger partial charge is 0.395 e. The number of nitrogens with zero attached hydrogens (tertiary/aromatic N) is 1. The van der Waals surface area contributed by atoms with E-state index >= 15 is 0 Å². The monoisotopic (exact) mass is 185 g/mol. The van der Waals surface area contributed by atoms with Crippen molar-refractivity contribution in [3.63, 3.8) is 0 Å². The van der Waals surface area contributed by atoms with Crippen LogP contribution in [0.4, 0.5) is 0 Å². The van der Waals surface area contributed by atoms with E-state index in [1.54, 1.807) is 4.90 Å². The van der Waals surface area contributed by atoms with Crippen LogP contribution >= 0.6 is 0 Å². The molecule has 1 saturated carbocycles. The Morgan fingerprint density at radius 1 is 1.46 bits per heavy atom. The summed E-state index contributed by atoms with van der Waals surface area (Å²) in [7, 11) is 0. The van der Waals surface area contributed by atoms with Gasteiger partial charge in [0, 0.05) is 19.0 Å². The Kier molecular flexibility index (Phi) is 4.22. The van der Waals surface area contributed by atoms with Crippen molar-refractivity contribution >= 4 is 5.91 Å². The molecular formula is C10H19NO2. The molecule has 0 bridgehead atoms. The topological polar surface area (TPSA) is 40.5 Å². The number of aliphatic hydroxyl groups excluding tert-OH is 1. The first kappa shape index (κ1) is 10.5. The van der Waals surface area contributed by atoms with E-state index in [4.69, 9.17) is 5.11 Å². The Labute approximate surface area is 79.7 Å². The highest BCUT2D eigenvalue weighted by atomic mass is 16.3. The zero-order valence-corrected chi connectivity index (χ0v) is 8.33. The molecule has 0 saturated heterocycles. The molecule has 0 aromatic carbocycles. The third-order valence-electron chi connectivity index (χ3n) is 2.77. The molecule has 1 aliphatic carbocycles. The average Bonchev–Trinajstić information content (AvgIpc) is 2.65. The molecule has 0 unspecified atom stereocenters. The Bertz CT molecular complexity index is 164. The second kappa shape index (κ2) is 5.22. The van der Waals surface area contributed by atoms with Gasteiger partial charge >= 0.3 is 0 Å². The molecule has 0 aliphatic heterocycles. The fourth-order valence-corrected chi connectivity index (χ4v) is 1.98. The minimum absolute atomic E-state index is 0.0757. The van der Waals surface area contributed by atoms with E-state index in [9.17, 15) is 4.79 Å². The van der Waals surface area contributed by atoms with Gasteiger partial charge in [-0.3, -0.25) is 4.79 Å². The Hall–Kier alpha value is -0.570. The van der Waals surface area contributed by atoms with Gasteiger partial charge in [-0.05, 0) is 19.8 Å². The molecule has 0 heterocycles. The van der Waals surface area contributed by atoms with Gasteiger partial charge in [-0.15, -0.1) is 0 Å². The maximum atomic E-state index is 11.8. The number of likely N-dealkylation sites (N-methyl/N-ethyl adjacent to an activating group) is 1. The van der Waals surface area contributed by atoms with Crippen LogP contribution in [-0.4, -0.2) is 35.6 Å². The molecule has 13 heavy (non-hydrogen) atoms. The molecule has 3 heteroatoms. The molecular weight excluding hydrogens is 166 g/mol. The fourth-order valence-electron chi connectivity index (χ4n) is 1.98. The van der Waals surface area contributed by atoms with E-state index in [-0.39, 0.29) is 18.4 Å². The summed E-state index contributed by atoms with van der Waals surface area (Å²) in [4.78, 5) is 13.5. The lowest BCUT2D eigenvalue weighted by Crippen LogP contribution is -2.37. The number of rotatable bonds is 4. The van der Waals surface area contributed by atoms with Crippen LogP contribution in [0.5, 0.6) is 0 Å². The van der Waals surface area contributed by atoms with E-state index in [1.807, 2.05) is 6.92 Å². The van der Waals surface area contributed by atoms with Gasteiger partial charge in [0.1, 0.15) is 0 Å². The number of carbonyl (C=O) groups is 1. The van der Waals surface area contributed by atoms with Gasteiger partial charge in [-0.25, -0.2) is 0 Å². The van der Waals surface area contributed by atoms with Gasteiger partial charge < -0.3 is 10.0 Å². The normalized spacial score (nSPS) is 17.7. The van der Waals surface area contributed by atoms with Crippen LogP contribution in [0.15, 0.2) is 0 Å². The van der Waals surface area contributed by atoms with Gasteiger partial charge in [0.2, 0.25) is 5.91 Å². The molecule has 0 atom stereocenters. The minimum atomic E-state index is 0.0757. The zero-order chi connectivity index (χ0) is 9.68. The number of carbonyl (C=O) groups excluding carboxylic acids is 1. The van der Waals surface area contributed by atoms with E-state index in [0.29, 0.717) is 6.54 Å². The van der Waals surface area contributed by atoms with Crippen LogP contribution in [0, 0.1) is 5.92 Å². The van der Waals surface area contributed by atoms with E-state index in [1.165, 1.54) is 12.8 Å². The van der Waals surface area contributed by atoms with Crippen molar-refractivity contribution in [1.82, 2.24) is 4.90 Å². The van der Waals surface area contributed by atoms with Crippen LogP contribution in [0.1, 0.15) is 32.6 Å². The first-order valence-corrected chi connectivity index (χ1v) is 5.19. The van der Waals surface area contributed by atoms with Crippen molar-refractivity contribution < 1.29 is 9.90 Å². The minimum Gasteiger partial charge on any atom is -0.395 e. The molecule has 0 aromatic rings. The second-order valence-electron chi connectivity index (χ2n) is 3.62. The van der Waals surface area contributed by atoms with E-state index < -0.39 is 0 Å². The average molecular weight is 185 g/mol. The van der Waals surface area contributed by atoms with Crippen molar-refractivity contribution in [3.8, 4) is 0 Å². The maximum Gasteiger partial charge on any atom is 0.225 e. The highest BCUT2D eigenvalue weighted by Crippen LogP contribution is 2.26. The summed E-state index contributed by atoms with van der Waals surface area (Å²) in [5, 5.41) is 8.77. The molecule has 1 fully saturated rings. The Morgan fingerprint density at radius 3 is 2.54 bits per heavy atom. The Morgan fingerprint density at radius 2 is 2.08 bits per heavy atom. The molecule has 1 rings (SSSR count). The van der Waals surface area contributed by atoms with Crippen molar-refractivity contribution in [2.24, 2.45) is 5.92 Å². The van der Waals surface area contributed by atoms with Gasteiger partial charge in [-0.2, -0.15) is 0 Å². The van der Waals surface area contributed by atoms with Crippen LogP contribution < -0.4 is 0 Å². The van der Waals surface area contributed by atoms with Gasteiger partial charge in [-0.1, -0.05) is 12.8 Å². The van der Waals surface area contributed by atoms with E-state index in [2.05, 4.69) is 0 Å². The third-order valence-corrected chi connectivity index (χ3v) is 2.77. The molecule has 0 aromatic heterocycles. The predicted molar refractivity (Wildman–Crippen MR) is 51.3 cm³/mol. The number of aliphatic hydroxyl groups is 1. The quantitative estimate of drug-likeness (QED) is 0.710. The number of hydrogen-bond acceptors (Lipinski definition) is 2. The molecule has 1 aliphatic rings. The van der Waals surface area contributed by atoms with Gasteiger partial charge in [0.25, 0.3) is 0 Å². The highest BCUT2D eigenvalue weighted by molar-refractivity contribution is 5.79. The molecule has 76 valence electrons. The van der Waals surface area contributed by atoms with Crippen molar-refractivity contribution in [3.05, 3.63) is 0 Å². The second-order valence-corrected chi connectivity index (χ2v) is 3.62. The predicted octanol–water partition coefficient (Wildman–Crippen LogP) is 1.02. The lowest BCUT2D eigenvalue weighted by molar-refractivity contribution is -0.135. The standard InChI is InChI=1S/C10H19NO2/c1-2-11(7-8-12)10(13)9-5-3-4-6-9/h9,12H,2-8H2,1H3. The van der Waals surface area contributed by atoms with Gasteiger partial charge in [0.05, 0.1) is 6.61 Å². The third kappa shape index (κ3) is 2.69. The molecule has 3 nitrogen and oxygen atoms in total. The summed E-state index contributed by atoms with van der Waals surface area (Å²) in [6.45, 7) is 3.25. The highest BCUT2D eigenvalue weighted by Gasteiger charge is 2.25. The van der Waals surface area contributed by atoms with Crippen molar-refractivity contribution in [1.29, 1.82) is 0 Å². The molecule has 0 radical (unpaired) electrons. The zero-order valence-electron chi connectivity index (χ0n) is 8.33. The summed E-state index contributed by atoms with van der Waals surface area (Å²) in [6.07, 6.45) is 4.46.